The van der Waals surface area contributed by atoms with Gasteiger partial charge in [-0.25, -0.2) is 0 Å². The predicted octanol–water partition coefficient (Wildman–Crippen LogP) is 7.02. The zero-order chi connectivity index (χ0) is 17.2. The molecule has 24 heavy (non-hydrogen) atoms. The molecule has 0 aliphatic heterocycles. The van der Waals surface area contributed by atoms with Crippen LogP contribution < -0.4 is 5.32 Å². The molecule has 0 bridgehead atoms. The maximum atomic E-state index is 3.96. The molecular weight excluding hydrogens is 426 g/mol. The Hall–Kier alpha value is -0.640. The summed E-state index contributed by atoms with van der Waals surface area (Å²) < 4.78 is 2.32. The van der Waals surface area contributed by atoms with E-state index < -0.39 is 0 Å². The Morgan fingerprint density at radius 1 is 0.833 bits per heavy atom. The van der Waals surface area contributed by atoms with Gasteiger partial charge in [0.25, 0.3) is 0 Å². The second-order valence-electron chi connectivity index (χ2n) is 6.67. The summed E-state index contributed by atoms with van der Waals surface area (Å²) in [5.74, 6) is 0. The quantitative estimate of drug-likeness (QED) is 0.447. The predicted molar refractivity (Wildman–Crippen MR) is 110 cm³/mol. The first-order valence-electron chi connectivity index (χ1n) is 8.98. The lowest BCUT2D eigenvalue weighted by Crippen LogP contribution is -2.42. The summed E-state index contributed by atoms with van der Waals surface area (Å²) in [5, 5.41) is 3.96. The highest BCUT2D eigenvalue weighted by Gasteiger charge is 2.42. The van der Waals surface area contributed by atoms with Crippen LogP contribution >= 0.6 is 31.9 Å². The van der Waals surface area contributed by atoms with Crippen molar-refractivity contribution in [3.63, 3.8) is 0 Å². The molecular formula is C21H25Br2N. The van der Waals surface area contributed by atoms with Gasteiger partial charge >= 0.3 is 0 Å². The summed E-state index contributed by atoms with van der Waals surface area (Å²) in [6.45, 7) is 5.58. The lowest BCUT2D eigenvalue weighted by Gasteiger charge is -2.34. The Balaban J connectivity index is 2.17. The summed E-state index contributed by atoms with van der Waals surface area (Å²) >= 11 is 7.38. The van der Waals surface area contributed by atoms with Gasteiger partial charge < -0.3 is 5.32 Å². The average Bonchev–Trinajstić information content (AvgIpc) is 2.83. The highest BCUT2D eigenvalue weighted by molar-refractivity contribution is 9.10. The summed E-state index contributed by atoms with van der Waals surface area (Å²) in [5.41, 5.74) is 5.54. The fraction of sp³-hybridized carbons (Fsp3) is 0.429. The Kier molecular flexibility index (Phi) is 5.84. The van der Waals surface area contributed by atoms with E-state index in [9.17, 15) is 0 Å². The van der Waals surface area contributed by atoms with Crippen molar-refractivity contribution in [3.8, 4) is 11.1 Å². The standard InChI is InChI=1S/C21H25Br2N/c1-3-5-11-21(24-12-6-4-2)19-13-15(22)7-9-17(19)18-10-8-16(23)14-20(18)21/h7-10,13-14,24H,3-6,11-12H2,1-2H3. The van der Waals surface area contributed by atoms with E-state index >= 15 is 0 Å². The second kappa shape index (κ2) is 7.72. The van der Waals surface area contributed by atoms with E-state index in [1.165, 1.54) is 47.9 Å². The molecule has 0 saturated carbocycles. The molecule has 2 aromatic carbocycles. The van der Waals surface area contributed by atoms with Gasteiger partial charge in [0.1, 0.15) is 0 Å². The van der Waals surface area contributed by atoms with Gasteiger partial charge in [0.15, 0.2) is 0 Å². The second-order valence-corrected chi connectivity index (χ2v) is 8.50. The first-order chi connectivity index (χ1) is 11.6. The molecule has 0 heterocycles. The molecule has 0 saturated heterocycles. The molecule has 1 aliphatic carbocycles. The molecule has 1 aliphatic rings. The number of halogens is 2. The molecule has 3 heteroatoms. The van der Waals surface area contributed by atoms with Gasteiger partial charge in [-0.15, -0.1) is 0 Å². The Morgan fingerprint density at radius 2 is 1.38 bits per heavy atom. The van der Waals surface area contributed by atoms with Crippen molar-refractivity contribution in [2.24, 2.45) is 0 Å². The number of fused-ring (bicyclic) bond motifs is 3. The molecule has 0 radical (unpaired) electrons. The molecule has 2 aromatic rings. The lowest BCUT2D eigenvalue weighted by atomic mass is 9.82. The zero-order valence-electron chi connectivity index (χ0n) is 14.5. The van der Waals surface area contributed by atoms with Crippen LogP contribution in [0.1, 0.15) is 57.1 Å². The van der Waals surface area contributed by atoms with Gasteiger partial charge in [-0.05, 0) is 65.9 Å². The summed E-state index contributed by atoms with van der Waals surface area (Å²) in [6.07, 6.45) is 6.00. The minimum Gasteiger partial charge on any atom is -0.304 e. The lowest BCUT2D eigenvalue weighted by molar-refractivity contribution is 0.366. The number of nitrogens with one attached hydrogen (secondary N) is 1. The maximum Gasteiger partial charge on any atom is 0.0703 e. The molecule has 3 rings (SSSR count). The van der Waals surface area contributed by atoms with E-state index in [2.05, 4.69) is 87.4 Å². The molecule has 0 spiro atoms. The first kappa shape index (κ1) is 18.2. The van der Waals surface area contributed by atoms with Crippen molar-refractivity contribution >= 4 is 31.9 Å². The van der Waals surface area contributed by atoms with Crippen molar-refractivity contribution < 1.29 is 0 Å². The van der Waals surface area contributed by atoms with Crippen molar-refractivity contribution in [1.82, 2.24) is 5.32 Å². The van der Waals surface area contributed by atoms with Gasteiger partial charge in [0.05, 0.1) is 5.54 Å². The van der Waals surface area contributed by atoms with Crippen LogP contribution in [0.4, 0.5) is 0 Å². The van der Waals surface area contributed by atoms with Crippen LogP contribution in [0.25, 0.3) is 11.1 Å². The van der Waals surface area contributed by atoms with Crippen molar-refractivity contribution in [2.45, 2.75) is 51.5 Å². The van der Waals surface area contributed by atoms with Crippen molar-refractivity contribution in [1.29, 1.82) is 0 Å². The van der Waals surface area contributed by atoms with E-state index in [1.807, 2.05) is 0 Å². The number of hydrogen-bond donors (Lipinski definition) is 1. The zero-order valence-corrected chi connectivity index (χ0v) is 17.6. The molecule has 1 nitrogen and oxygen atoms in total. The third kappa shape index (κ3) is 3.23. The Labute approximate surface area is 162 Å². The van der Waals surface area contributed by atoms with Gasteiger partial charge in [0.2, 0.25) is 0 Å². The molecule has 0 fully saturated rings. The van der Waals surface area contributed by atoms with Crippen LogP contribution in [0.15, 0.2) is 45.3 Å². The van der Waals surface area contributed by atoms with E-state index in [-0.39, 0.29) is 5.54 Å². The monoisotopic (exact) mass is 449 g/mol. The first-order valence-corrected chi connectivity index (χ1v) is 10.6. The highest BCUT2D eigenvalue weighted by atomic mass is 79.9. The average molecular weight is 451 g/mol. The summed E-state index contributed by atoms with van der Waals surface area (Å²) in [6, 6.07) is 13.5. The van der Waals surface area contributed by atoms with Gasteiger partial charge in [0, 0.05) is 8.95 Å². The van der Waals surface area contributed by atoms with E-state index in [0.717, 1.165) is 21.9 Å². The van der Waals surface area contributed by atoms with Gasteiger partial charge in [-0.1, -0.05) is 77.1 Å². The van der Waals surface area contributed by atoms with Crippen LogP contribution in [-0.4, -0.2) is 6.54 Å². The molecule has 0 aromatic heterocycles. The SMILES string of the molecule is CCCCNC1(CCCC)c2cc(Br)ccc2-c2ccc(Br)cc21. The smallest absolute Gasteiger partial charge is 0.0703 e. The topological polar surface area (TPSA) is 12.0 Å². The number of unbranched alkanes of at least 4 members (excludes halogenated alkanes) is 2. The molecule has 128 valence electrons. The third-order valence-corrected chi connectivity index (χ3v) is 6.02. The molecule has 1 N–H and O–H groups in total. The normalized spacial score (nSPS) is 14.5. The number of hydrogen-bond acceptors (Lipinski definition) is 1. The van der Waals surface area contributed by atoms with E-state index in [0.29, 0.717) is 0 Å². The van der Waals surface area contributed by atoms with Gasteiger partial charge in [-0.3, -0.25) is 0 Å². The number of benzene rings is 2. The number of rotatable bonds is 7. The van der Waals surface area contributed by atoms with Crippen molar-refractivity contribution in [2.75, 3.05) is 6.54 Å². The fourth-order valence-electron chi connectivity index (χ4n) is 3.82. The van der Waals surface area contributed by atoms with E-state index in [1.54, 1.807) is 0 Å². The van der Waals surface area contributed by atoms with Crippen LogP contribution in [0.5, 0.6) is 0 Å². The van der Waals surface area contributed by atoms with Crippen LogP contribution in [0.2, 0.25) is 0 Å². The summed E-state index contributed by atoms with van der Waals surface area (Å²) in [7, 11) is 0. The van der Waals surface area contributed by atoms with Crippen LogP contribution in [0, 0.1) is 0 Å². The Morgan fingerprint density at radius 3 is 1.88 bits per heavy atom. The fourth-order valence-corrected chi connectivity index (χ4v) is 4.54. The molecule has 0 unspecified atom stereocenters. The molecule has 0 atom stereocenters. The Bertz CT molecular complexity index is 672. The minimum absolute atomic E-state index is 0.0661. The minimum atomic E-state index is -0.0661. The largest absolute Gasteiger partial charge is 0.304 e. The van der Waals surface area contributed by atoms with E-state index in [4.69, 9.17) is 0 Å². The summed E-state index contributed by atoms with van der Waals surface area (Å²) in [4.78, 5) is 0. The van der Waals surface area contributed by atoms with Crippen LogP contribution in [-0.2, 0) is 5.54 Å². The third-order valence-electron chi connectivity index (χ3n) is 5.04. The highest BCUT2D eigenvalue weighted by Crippen LogP contribution is 2.51. The van der Waals surface area contributed by atoms with Gasteiger partial charge in [-0.2, -0.15) is 0 Å². The maximum absolute atomic E-state index is 3.96. The van der Waals surface area contributed by atoms with Crippen LogP contribution in [0.3, 0.4) is 0 Å². The molecule has 0 amide bonds. The van der Waals surface area contributed by atoms with Crippen molar-refractivity contribution in [3.05, 3.63) is 56.5 Å².